The van der Waals surface area contributed by atoms with E-state index < -0.39 is 38.9 Å². The molecule has 0 radical (unpaired) electrons. The average Bonchev–Trinajstić information content (AvgIpc) is 2.43. The molecule has 0 unspecified atom stereocenters. The van der Waals surface area contributed by atoms with Crippen LogP contribution in [0.3, 0.4) is 0 Å². The van der Waals surface area contributed by atoms with Crippen LogP contribution in [0.1, 0.15) is 5.69 Å². The molecule has 0 aliphatic carbocycles. The van der Waals surface area contributed by atoms with Crippen LogP contribution in [-0.4, -0.2) is 4.98 Å². The Bertz CT molecular complexity index is 731. The SMILES string of the molecule is Fc1ccnc(C(F)(F)F)c1-c1c(Cl)c(Cl)c(Cl)c(Cl)c1Cl. The van der Waals surface area contributed by atoms with E-state index in [9.17, 15) is 17.6 Å². The number of benzene rings is 1. The maximum absolute atomic E-state index is 14.0. The second-order valence-corrected chi connectivity index (χ2v) is 5.85. The van der Waals surface area contributed by atoms with Crippen LogP contribution in [0.25, 0.3) is 11.1 Å². The largest absolute Gasteiger partial charge is 0.434 e. The third-order valence-corrected chi connectivity index (χ3v) is 4.91. The van der Waals surface area contributed by atoms with Crippen molar-refractivity contribution in [3.8, 4) is 11.1 Å². The van der Waals surface area contributed by atoms with Crippen molar-refractivity contribution in [1.82, 2.24) is 4.98 Å². The van der Waals surface area contributed by atoms with Gasteiger partial charge in [0.1, 0.15) is 5.82 Å². The monoisotopic (exact) mass is 411 g/mol. The molecule has 1 nitrogen and oxygen atoms in total. The number of halogens is 9. The van der Waals surface area contributed by atoms with Gasteiger partial charge >= 0.3 is 6.18 Å². The first-order chi connectivity index (χ1) is 10.1. The summed E-state index contributed by atoms with van der Waals surface area (Å²) in [5.41, 5.74) is -2.99. The molecule has 2 rings (SSSR count). The smallest absolute Gasteiger partial charge is 0.251 e. The normalized spacial score (nSPS) is 11.9. The quantitative estimate of drug-likeness (QED) is 0.274. The van der Waals surface area contributed by atoms with Gasteiger partial charge in [0.15, 0.2) is 5.69 Å². The predicted molar refractivity (Wildman–Crippen MR) is 79.7 cm³/mol. The van der Waals surface area contributed by atoms with Gasteiger partial charge < -0.3 is 0 Å². The number of pyridine rings is 1. The highest BCUT2D eigenvalue weighted by molar-refractivity contribution is 6.56. The summed E-state index contributed by atoms with van der Waals surface area (Å²) in [5, 5.41) is -1.86. The zero-order chi connectivity index (χ0) is 16.8. The Kier molecular flexibility index (Phi) is 5.05. The number of alkyl halides is 3. The summed E-state index contributed by atoms with van der Waals surface area (Å²) in [6, 6.07) is 0.730. The topological polar surface area (TPSA) is 12.9 Å². The maximum atomic E-state index is 14.0. The van der Waals surface area contributed by atoms with Gasteiger partial charge in [0, 0.05) is 11.8 Å². The summed E-state index contributed by atoms with van der Waals surface area (Å²) in [6.07, 6.45) is -4.27. The molecule has 22 heavy (non-hydrogen) atoms. The first-order valence-electron chi connectivity index (χ1n) is 5.30. The molecule has 0 aliphatic rings. The van der Waals surface area contributed by atoms with E-state index in [1.807, 2.05) is 0 Å². The van der Waals surface area contributed by atoms with Crippen molar-refractivity contribution in [2.75, 3.05) is 0 Å². The van der Waals surface area contributed by atoms with Crippen LogP contribution < -0.4 is 0 Å². The highest BCUT2D eigenvalue weighted by Gasteiger charge is 2.38. The highest BCUT2D eigenvalue weighted by atomic mass is 35.5. The van der Waals surface area contributed by atoms with E-state index in [0.29, 0.717) is 6.20 Å². The minimum atomic E-state index is -4.94. The van der Waals surface area contributed by atoms with Gasteiger partial charge in [-0.15, -0.1) is 0 Å². The van der Waals surface area contributed by atoms with E-state index in [-0.39, 0.29) is 15.1 Å². The zero-order valence-electron chi connectivity index (χ0n) is 10.0. The van der Waals surface area contributed by atoms with E-state index in [4.69, 9.17) is 58.0 Å². The Balaban J connectivity index is 2.96. The lowest BCUT2D eigenvalue weighted by Crippen LogP contribution is -2.11. The zero-order valence-corrected chi connectivity index (χ0v) is 13.8. The van der Waals surface area contributed by atoms with Crippen LogP contribution in [-0.2, 0) is 6.18 Å². The van der Waals surface area contributed by atoms with Crippen LogP contribution in [0, 0.1) is 5.82 Å². The van der Waals surface area contributed by atoms with Gasteiger partial charge in [0.2, 0.25) is 0 Å². The van der Waals surface area contributed by atoms with Crippen molar-refractivity contribution in [1.29, 1.82) is 0 Å². The Morgan fingerprint density at radius 2 is 1.23 bits per heavy atom. The second-order valence-electron chi connectivity index (χ2n) is 3.96. The lowest BCUT2D eigenvalue weighted by atomic mass is 10.0. The maximum Gasteiger partial charge on any atom is 0.434 e. The molecule has 2 aromatic rings. The Morgan fingerprint density at radius 1 is 0.773 bits per heavy atom. The molecular weight excluding hydrogens is 411 g/mol. The van der Waals surface area contributed by atoms with Crippen molar-refractivity contribution in [2.24, 2.45) is 0 Å². The molecule has 0 spiro atoms. The fourth-order valence-corrected chi connectivity index (χ4v) is 3.04. The van der Waals surface area contributed by atoms with Crippen molar-refractivity contribution in [2.45, 2.75) is 6.18 Å². The van der Waals surface area contributed by atoms with Gasteiger partial charge in [-0.2, -0.15) is 13.2 Å². The first kappa shape index (κ1) is 17.9. The minimum Gasteiger partial charge on any atom is -0.251 e. The van der Waals surface area contributed by atoms with Crippen LogP contribution >= 0.6 is 58.0 Å². The van der Waals surface area contributed by atoms with Crippen LogP contribution in [0.2, 0.25) is 25.1 Å². The number of hydrogen-bond acceptors (Lipinski definition) is 1. The molecule has 0 saturated carbocycles. The molecule has 1 aromatic heterocycles. The summed E-state index contributed by atoms with van der Waals surface area (Å²) in [5.74, 6) is -1.24. The fourth-order valence-electron chi connectivity index (χ4n) is 1.72. The molecule has 118 valence electrons. The fraction of sp³-hybridized carbons (Fsp3) is 0.0833. The summed E-state index contributed by atoms with van der Waals surface area (Å²) in [4.78, 5) is 3.15. The third kappa shape index (κ3) is 2.97. The lowest BCUT2D eigenvalue weighted by Gasteiger charge is -2.17. The minimum absolute atomic E-state index is 0.250. The van der Waals surface area contributed by atoms with E-state index in [1.165, 1.54) is 0 Å². The molecule has 10 heteroatoms. The Hall–Kier alpha value is -0.460. The van der Waals surface area contributed by atoms with Crippen LogP contribution in [0.4, 0.5) is 17.6 Å². The van der Waals surface area contributed by atoms with Crippen molar-refractivity contribution in [3.63, 3.8) is 0 Å². The summed E-state index contributed by atoms with van der Waals surface area (Å²) >= 11 is 29.1. The van der Waals surface area contributed by atoms with Gasteiger partial charge in [-0.25, -0.2) is 4.39 Å². The Morgan fingerprint density at radius 3 is 1.68 bits per heavy atom. The summed E-state index contributed by atoms with van der Waals surface area (Å²) in [7, 11) is 0. The van der Waals surface area contributed by atoms with Crippen molar-refractivity contribution < 1.29 is 17.6 Å². The number of aromatic nitrogens is 1. The van der Waals surface area contributed by atoms with Gasteiger partial charge in [-0.3, -0.25) is 4.98 Å². The lowest BCUT2D eigenvalue weighted by molar-refractivity contribution is -0.140. The summed E-state index contributed by atoms with van der Waals surface area (Å²) < 4.78 is 53.2. The van der Waals surface area contributed by atoms with Gasteiger partial charge in [-0.1, -0.05) is 58.0 Å². The highest BCUT2D eigenvalue weighted by Crippen LogP contribution is 2.50. The van der Waals surface area contributed by atoms with Crippen molar-refractivity contribution >= 4 is 58.0 Å². The number of hydrogen-bond donors (Lipinski definition) is 0. The third-order valence-electron chi connectivity index (χ3n) is 2.63. The van der Waals surface area contributed by atoms with E-state index in [1.54, 1.807) is 0 Å². The van der Waals surface area contributed by atoms with Crippen LogP contribution in [0.5, 0.6) is 0 Å². The standard InChI is InChI=1S/C12H2Cl5F4N/c13-6-5(7(14)9(16)10(17)8(6)15)4-3(18)1-2-22-11(4)12(19,20)21/h1-2H. The second kappa shape index (κ2) is 6.21. The van der Waals surface area contributed by atoms with E-state index in [2.05, 4.69) is 4.98 Å². The van der Waals surface area contributed by atoms with Crippen molar-refractivity contribution in [3.05, 3.63) is 48.9 Å². The molecule has 1 aromatic carbocycles. The molecule has 0 fully saturated rings. The molecule has 0 N–H and O–H groups in total. The van der Waals surface area contributed by atoms with E-state index >= 15 is 0 Å². The predicted octanol–water partition coefficient (Wildman–Crippen LogP) is 7.17. The molecule has 0 saturated heterocycles. The molecule has 0 amide bonds. The van der Waals surface area contributed by atoms with Gasteiger partial charge in [0.05, 0.1) is 30.7 Å². The van der Waals surface area contributed by atoms with Crippen LogP contribution in [0.15, 0.2) is 12.3 Å². The Labute approximate surface area is 146 Å². The number of rotatable bonds is 1. The van der Waals surface area contributed by atoms with Gasteiger partial charge in [-0.05, 0) is 6.07 Å². The average molecular weight is 413 g/mol. The molecule has 0 atom stereocenters. The number of nitrogens with zero attached hydrogens (tertiary/aromatic N) is 1. The molecule has 0 bridgehead atoms. The first-order valence-corrected chi connectivity index (χ1v) is 7.19. The van der Waals surface area contributed by atoms with E-state index in [0.717, 1.165) is 6.07 Å². The molecule has 0 aliphatic heterocycles. The molecule has 1 heterocycles. The summed E-state index contributed by atoms with van der Waals surface area (Å²) in [6.45, 7) is 0. The van der Waals surface area contributed by atoms with Gasteiger partial charge in [0.25, 0.3) is 0 Å². The molecular formula is C12H2Cl5F4N.